The first-order valence-corrected chi connectivity index (χ1v) is 8.24. The zero-order chi connectivity index (χ0) is 14.7. The minimum atomic E-state index is 0.401. The van der Waals surface area contributed by atoms with Crippen molar-refractivity contribution < 1.29 is 0 Å². The molecule has 1 N–H and O–H groups in total. The maximum atomic E-state index is 3.90. The quantitative estimate of drug-likeness (QED) is 0.769. The van der Waals surface area contributed by atoms with Crippen molar-refractivity contribution in [1.82, 2.24) is 0 Å². The second-order valence-corrected chi connectivity index (χ2v) is 8.05. The van der Waals surface area contributed by atoms with Crippen LogP contribution in [0.15, 0.2) is 42.5 Å². The lowest BCUT2D eigenvalue weighted by Crippen LogP contribution is -2.45. The highest BCUT2D eigenvalue weighted by molar-refractivity contribution is 5.85. The second-order valence-electron chi connectivity index (χ2n) is 8.05. The van der Waals surface area contributed by atoms with E-state index in [0.717, 1.165) is 5.92 Å². The molecule has 0 aliphatic heterocycles. The van der Waals surface area contributed by atoms with Crippen LogP contribution in [0.5, 0.6) is 0 Å². The molecule has 2 aromatic carbocycles. The van der Waals surface area contributed by atoms with Crippen molar-refractivity contribution in [2.75, 3.05) is 5.32 Å². The van der Waals surface area contributed by atoms with Crippen LogP contribution >= 0.6 is 0 Å². The number of anilines is 1. The van der Waals surface area contributed by atoms with E-state index in [1.165, 1.54) is 35.7 Å². The van der Waals surface area contributed by atoms with Crippen LogP contribution in [0.2, 0.25) is 0 Å². The van der Waals surface area contributed by atoms with Crippen molar-refractivity contribution in [2.24, 2.45) is 16.7 Å². The Hall–Kier alpha value is -1.50. The third kappa shape index (κ3) is 1.90. The maximum absolute atomic E-state index is 3.90. The van der Waals surface area contributed by atoms with Crippen LogP contribution in [0.3, 0.4) is 0 Å². The summed E-state index contributed by atoms with van der Waals surface area (Å²) < 4.78 is 0. The first-order valence-electron chi connectivity index (χ1n) is 8.24. The lowest BCUT2D eigenvalue weighted by molar-refractivity contribution is 0.155. The van der Waals surface area contributed by atoms with Gasteiger partial charge in [0.2, 0.25) is 0 Å². The first-order chi connectivity index (χ1) is 9.99. The lowest BCUT2D eigenvalue weighted by atomic mass is 9.68. The van der Waals surface area contributed by atoms with Gasteiger partial charge in [0.25, 0.3) is 0 Å². The van der Waals surface area contributed by atoms with Gasteiger partial charge < -0.3 is 5.32 Å². The molecule has 2 fully saturated rings. The zero-order valence-corrected chi connectivity index (χ0v) is 13.3. The number of hydrogen-bond acceptors (Lipinski definition) is 1. The maximum Gasteiger partial charge on any atom is 0.0368 e. The SMILES string of the molecule is CC12CCC(C1)C(C)(C)C2Nc1ccc2ccccc2c1. The van der Waals surface area contributed by atoms with Crippen molar-refractivity contribution in [3.8, 4) is 0 Å². The molecule has 1 nitrogen and oxygen atoms in total. The van der Waals surface area contributed by atoms with Gasteiger partial charge in [-0.3, -0.25) is 0 Å². The summed E-state index contributed by atoms with van der Waals surface area (Å²) in [7, 11) is 0. The van der Waals surface area contributed by atoms with E-state index in [4.69, 9.17) is 0 Å². The summed E-state index contributed by atoms with van der Waals surface area (Å²) in [5.41, 5.74) is 2.15. The molecule has 3 atom stereocenters. The van der Waals surface area contributed by atoms with E-state index in [-0.39, 0.29) is 0 Å². The van der Waals surface area contributed by atoms with E-state index in [9.17, 15) is 0 Å². The lowest BCUT2D eigenvalue weighted by Gasteiger charge is -2.43. The number of benzene rings is 2. The summed E-state index contributed by atoms with van der Waals surface area (Å²) in [5, 5.41) is 6.54. The number of rotatable bonds is 2. The molecule has 0 aromatic heterocycles. The third-order valence-corrected chi connectivity index (χ3v) is 6.33. The van der Waals surface area contributed by atoms with Gasteiger partial charge in [-0.2, -0.15) is 0 Å². The average Bonchev–Trinajstić information content (AvgIpc) is 2.95. The molecule has 21 heavy (non-hydrogen) atoms. The van der Waals surface area contributed by atoms with Crippen molar-refractivity contribution in [3.05, 3.63) is 42.5 Å². The van der Waals surface area contributed by atoms with Gasteiger partial charge >= 0.3 is 0 Å². The van der Waals surface area contributed by atoms with Crippen LogP contribution in [0.1, 0.15) is 40.0 Å². The Morgan fingerprint density at radius 2 is 1.76 bits per heavy atom. The fraction of sp³-hybridized carbons (Fsp3) is 0.500. The summed E-state index contributed by atoms with van der Waals surface area (Å²) in [6.45, 7) is 7.40. The second kappa shape index (κ2) is 4.25. The summed E-state index contributed by atoms with van der Waals surface area (Å²) >= 11 is 0. The van der Waals surface area contributed by atoms with Gasteiger partial charge in [0.15, 0.2) is 0 Å². The van der Waals surface area contributed by atoms with E-state index in [0.29, 0.717) is 16.9 Å². The van der Waals surface area contributed by atoms with Crippen LogP contribution in [-0.2, 0) is 0 Å². The van der Waals surface area contributed by atoms with Gasteiger partial charge in [0.1, 0.15) is 0 Å². The summed E-state index contributed by atoms with van der Waals surface area (Å²) in [4.78, 5) is 0. The molecule has 2 aliphatic carbocycles. The standard InChI is InChI=1S/C20H25N/c1-19(2)16-10-11-20(3,13-16)18(19)21-17-9-8-14-6-4-5-7-15(14)12-17/h4-9,12,16,18,21H,10-11,13H2,1-3H3. The van der Waals surface area contributed by atoms with Crippen LogP contribution in [0.25, 0.3) is 10.8 Å². The molecule has 2 bridgehead atoms. The van der Waals surface area contributed by atoms with Gasteiger partial charge in [0.05, 0.1) is 0 Å². The number of fused-ring (bicyclic) bond motifs is 3. The van der Waals surface area contributed by atoms with Crippen LogP contribution in [-0.4, -0.2) is 6.04 Å². The number of nitrogens with one attached hydrogen (secondary N) is 1. The fourth-order valence-electron chi connectivity index (χ4n) is 5.11. The van der Waals surface area contributed by atoms with E-state index in [2.05, 4.69) is 68.6 Å². The highest BCUT2D eigenvalue weighted by Gasteiger charge is 2.59. The van der Waals surface area contributed by atoms with Crippen LogP contribution in [0, 0.1) is 16.7 Å². The smallest absolute Gasteiger partial charge is 0.0368 e. The molecule has 110 valence electrons. The zero-order valence-electron chi connectivity index (χ0n) is 13.3. The normalized spacial score (nSPS) is 33.5. The van der Waals surface area contributed by atoms with Crippen molar-refractivity contribution >= 4 is 16.5 Å². The van der Waals surface area contributed by atoms with Gasteiger partial charge in [-0.25, -0.2) is 0 Å². The summed E-state index contributed by atoms with van der Waals surface area (Å²) in [6.07, 6.45) is 4.19. The third-order valence-electron chi connectivity index (χ3n) is 6.33. The minimum absolute atomic E-state index is 0.401. The van der Waals surface area contributed by atoms with Crippen LogP contribution < -0.4 is 5.32 Å². The molecular weight excluding hydrogens is 254 g/mol. The van der Waals surface area contributed by atoms with Crippen molar-refractivity contribution in [3.63, 3.8) is 0 Å². The monoisotopic (exact) mass is 279 g/mol. The van der Waals surface area contributed by atoms with Crippen LogP contribution in [0.4, 0.5) is 5.69 Å². The summed E-state index contributed by atoms with van der Waals surface area (Å²) in [5.74, 6) is 0.889. The molecule has 2 saturated carbocycles. The largest absolute Gasteiger partial charge is 0.381 e. The molecule has 1 heteroatoms. The molecule has 0 heterocycles. The first kappa shape index (κ1) is 13.2. The molecule has 4 rings (SSSR count). The highest BCUT2D eigenvalue weighted by atomic mass is 15.0. The Bertz CT molecular complexity index is 682. The van der Waals surface area contributed by atoms with Gasteiger partial charge in [0, 0.05) is 11.7 Å². The molecule has 0 spiro atoms. The molecule has 0 radical (unpaired) electrons. The van der Waals surface area contributed by atoms with Crippen molar-refractivity contribution in [1.29, 1.82) is 0 Å². The highest BCUT2D eigenvalue weighted by Crippen LogP contribution is 2.63. The molecule has 2 aromatic rings. The Balaban J connectivity index is 1.68. The Morgan fingerprint density at radius 3 is 2.48 bits per heavy atom. The number of hydrogen-bond donors (Lipinski definition) is 1. The molecule has 3 unspecified atom stereocenters. The van der Waals surface area contributed by atoms with Gasteiger partial charge in [-0.05, 0) is 58.9 Å². The molecule has 0 amide bonds. The Labute approximate surface area is 127 Å². The van der Waals surface area contributed by atoms with E-state index < -0.39 is 0 Å². The predicted molar refractivity (Wildman–Crippen MR) is 90.6 cm³/mol. The van der Waals surface area contributed by atoms with Gasteiger partial charge in [-0.15, -0.1) is 0 Å². The summed E-state index contributed by atoms with van der Waals surface area (Å²) in [6, 6.07) is 16.0. The molecule has 2 aliphatic rings. The van der Waals surface area contributed by atoms with E-state index in [1.807, 2.05) is 0 Å². The predicted octanol–water partition coefficient (Wildman–Crippen LogP) is 5.47. The Kier molecular flexibility index (Phi) is 2.67. The minimum Gasteiger partial charge on any atom is -0.381 e. The topological polar surface area (TPSA) is 12.0 Å². The fourth-order valence-corrected chi connectivity index (χ4v) is 5.11. The molecular formula is C20H25N. The average molecular weight is 279 g/mol. The van der Waals surface area contributed by atoms with E-state index in [1.54, 1.807) is 0 Å². The van der Waals surface area contributed by atoms with Crippen molar-refractivity contribution in [2.45, 2.75) is 46.1 Å². The Morgan fingerprint density at radius 1 is 1.00 bits per heavy atom. The van der Waals surface area contributed by atoms with Gasteiger partial charge in [-0.1, -0.05) is 51.1 Å². The molecule has 0 saturated heterocycles. The van der Waals surface area contributed by atoms with E-state index >= 15 is 0 Å².